The first-order chi connectivity index (χ1) is 13.5. The SMILES string of the molecule is COCCC(=O)N1CCC[C@H](c2nc(C)c(CC(=O)N3CCCC3)c(C)n2)C1. The van der Waals surface area contributed by atoms with E-state index < -0.39 is 0 Å². The van der Waals surface area contributed by atoms with Gasteiger partial charge in [0.15, 0.2) is 0 Å². The maximum atomic E-state index is 12.5. The van der Waals surface area contributed by atoms with Crippen molar-refractivity contribution in [3.05, 3.63) is 22.8 Å². The van der Waals surface area contributed by atoms with Gasteiger partial charge in [0.1, 0.15) is 5.82 Å². The number of rotatable bonds is 6. The van der Waals surface area contributed by atoms with E-state index >= 15 is 0 Å². The van der Waals surface area contributed by atoms with Crippen LogP contribution in [0.2, 0.25) is 0 Å². The molecule has 2 saturated heterocycles. The zero-order valence-electron chi connectivity index (χ0n) is 17.4. The molecule has 3 rings (SSSR count). The average molecular weight is 389 g/mol. The Morgan fingerprint density at radius 3 is 2.29 bits per heavy atom. The van der Waals surface area contributed by atoms with Gasteiger partial charge in [-0.2, -0.15) is 0 Å². The number of carbonyl (C=O) groups excluding carboxylic acids is 2. The molecule has 1 atom stereocenters. The Hall–Kier alpha value is -2.02. The summed E-state index contributed by atoms with van der Waals surface area (Å²) in [5.74, 6) is 1.26. The molecule has 0 spiro atoms. The number of hydrogen-bond acceptors (Lipinski definition) is 5. The maximum absolute atomic E-state index is 12.5. The van der Waals surface area contributed by atoms with Gasteiger partial charge in [-0.3, -0.25) is 9.59 Å². The molecule has 154 valence electrons. The molecule has 3 heterocycles. The Morgan fingerprint density at radius 1 is 1.00 bits per heavy atom. The third-order valence-corrected chi connectivity index (χ3v) is 5.88. The molecule has 0 N–H and O–H groups in total. The number of amides is 2. The summed E-state index contributed by atoms with van der Waals surface area (Å²) in [5.41, 5.74) is 2.72. The van der Waals surface area contributed by atoms with Crippen molar-refractivity contribution in [3.63, 3.8) is 0 Å². The highest BCUT2D eigenvalue weighted by Crippen LogP contribution is 2.26. The van der Waals surface area contributed by atoms with Gasteiger partial charge in [-0.25, -0.2) is 9.97 Å². The second-order valence-corrected chi connectivity index (χ2v) is 7.92. The normalized spacial score (nSPS) is 19.9. The van der Waals surface area contributed by atoms with Gasteiger partial charge in [0.25, 0.3) is 0 Å². The van der Waals surface area contributed by atoms with Gasteiger partial charge in [-0.1, -0.05) is 0 Å². The van der Waals surface area contributed by atoms with E-state index in [1.165, 1.54) is 0 Å². The largest absolute Gasteiger partial charge is 0.384 e. The third-order valence-electron chi connectivity index (χ3n) is 5.88. The van der Waals surface area contributed by atoms with Crippen molar-refractivity contribution in [3.8, 4) is 0 Å². The third kappa shape index (κ3) is 4.87. The number of ether oxygens (including phenoxy) is 1. The predicted octanol–water partition coefficient (Wildman–Crippen LogP) is 2.00. The van der Waals surface area contributed by atoms with Gasteiger partial charge in [-0.05, 0) is 39.5 Å². The number of hydrogen-bond donors (Lipinski definition) is 0. The van der Waals surface area contributed by atoms with Crippen LogP contribution in [0, 0.1) is 13.8 Å². The highest BCUT2D eigenvalue weighted by atomic mass is 16.5. The topological polar surface area (TPSA) is 75.6 Å². The summed E-state index contributed by atoms with van der Waals surface area (Å²) in [7, 11) is 1.61. The lowest BCUT2D eigenvalue weighted by atomic mass is 9.96. The van der Waals surface area contributed by atoms with Gasteiger partial charge >= 0.3 is 0 Å². The van der Waals surface area contributed by atoms with E-state index in [1.807, 2.05) is 23.6 Å². The standard InChI is InChI=1S/C21H32N4O3/c1-15-18(13-20(27)24-9-4-5-10-24)16(2)23-21(22-15)17-7-6-11-25(14-17)19(26)8-12-28-3/h17H,4-14H2,1-3H3/t17-/m0/s1. The molecule has 7 heteroatoms. The van der Waals surface area contributed by atoms with Gasteiger partial charge in [-0.15, -0.1) is 0 Å². The minimum absolute atomic E-state index is 0.132. The monoisotopic (exact) mass is 388 g/mol. The summed E-state index contributed by atoms with van der Waals surface area (Å²) in [5, 5.41) is 0. The number of aromatic nitrogens is 2. The summed E-state index contributed by atoms with van der Waals surface area (Å²) in [6.07, 6.45) is 4.93. The van der Waals surface area contributed by atoms with Crippen LogP contribution in [-0.2, 0) is 20.7 Å². The Balaban J connectivity index is 1.69. The van der Waals surface area contributed by atoms with E-state index in [-0.39, 0.29) is 17.7 Å². The summed E-state index contributed by atoms with van der Waals surface area (Å²) in [6, 6.07) is 0. The molecule has 0 radical (unpaired) electrons. The molecule has 2 fully saturated rings. The average Bonchev–Trinajstić information content (AvgIpc) is 3.23. The van der Waals surface area contributed by atoms with E-state index in [0.29, 0.717) is 26.0 Å². The first kappa shape index (κ1) is 20.7. The molecule has 0 aromatic carbocycles. The van der Waals surface area contributed by atoms with Crippen molar-refractivity contribution in [2.75, 3.05) is 39.9 Å². The first-order valence-corrected chi connectivity index (χ1v) is 10.4. The highest BCUT2D eigenvalue weighted by molar-refractivity contribution is 5.79. The molecular weight excluding hydrogens is 356 g/mol. The lowest BCUT2D eigenvalue weighted by Gasteiger charge is -2.32. The maximum Gasteiger partial charge on any atom is 0.227 e. The molecule has 0 aliphatic carbocycles. The Labute approximate surface area is 167 Å². The Kier molecular flexibility index (Phi) is 6.99. The zero-order valence-corrected chi connectivity index (χ0v) is 17.4. The van der Waals surface area contributed by atoms with Crippen LogP contribution < -0.4 is 0 Å². The van der Waals surface area contributed by atoms with E-state index in [2.05, 4.69) is 0 Å². The van der Waals surface area contributed by atoms with Crippen molar-refractivity contribution in [1.82, 2.24) is 19.8 Å². The Morgan fingerprint density at radius 2 is 1.64 bits per heavy atom. The molecule has 7 nitrogen and oxygen atoms in total. The molecule has 2 amide bonds. The van der Waals surface area contributed by atoms with E-state index in [1.54, 1.807) is 7.11 Å². The van der Waals surface area contributed by atoms with Gasteiger partial charge in [0.05, 0.1) is 19.4 Å². The first-order valence-electron chi connectivity index (χ1n) is 10.4. The number of methoxy groups -OCH3 is 1. The summed E-state index contributed by atoms with van der Waals surface area (Å²) >= 11 is 0. The molecule has 2 aliphatic heterocycles. The zero-order chi connectivity index (χ0) is 20.1. The van der Waals surface area contributed by atoms with Crippen LogP contribution in [0.5, 0.6) is 0 Å². The molecule has 2 aliphatic rings. The van der Waals surface area contributed by atoms with Crippen molar-refractivity contribution in [2.45, 2.75) is 58.3 Å². The van der Waals surface area contributed by atoms with Gasteiger partial charge in [0, 0.05) is 56.2 Å². The summed E-state index contributed by atoms with van der Waals surface area (Å²) < 4.78 is 5.02. The van der Waals surface area contributed by atoms with Crippen LogP contribution in [-0.4, -0.2) is 71.5 Å². The van der Waals surface area contributed by atoms with E-state index in [9.17, 15) is 9.59 Å². The number of aryl methyl sites for hydroxylation is 2. The predicted molar refractivity (Wildman–Crippen MR) is 106 cm³/mol. The van der Waals surface area contributed by atoms with Gasteiger partial charge < -0.3 is 14.5 Å². The van der Waals surface area contributed by atoms with Crippen molar-refractivity contribution in [2.24, 2.45) is 0 Å². The second-order valence-electron chi connectivity index (χ2n) is 7.92. The fraction of sp³-hybridized carbons (Fsp3) is 0.714. The van der Waals surface area contributed by atoms with E-state index in [0.717, 1.165) is 68.1 Å². The molecule has 0 unspecified atom stereocenters. The number of nitrogens with zero attached hydrogens (tertiary/aromatic N) is 4. The molecule has 1 aromatic rings. The van der Waals surface area contributed by atoms with Crippen LogP contribution in [0.25, 0.3) is 0 Å². The molecule has 0 bridgehead atoms. The summed E-state index contributed by atoms with van der Waals surface area (Å²) in [4.78, 5) is 38.2. The van der Waals surface area contributed by atoms with Crippen molar-refractivity contribution >= 4 is 11.8 Å². The van der Waals surface area contributed by atoms with Gasteiger partial charge in [0.2, 0.25) is 11.8 Å². The molecule has 28 heavy (non-hydrogen) atoms. The van der Waals surface area contributed by atoms with Crippen LogP contribution >= 0.6 is 0 Å². The highest BCUT2D eigenvalue weighted by Gasteiger charge is 2.28. The number of carbonyl (C=O) groups is 2. The molecule has 1 aromatic heterocycles. The summed E-state index contributed by atoms with van der Waals surface area (Å²) in [6.45, 7) is 7.57. The van der Waals surface area contributed by atoms with Crippen LogP contribution in [0.4, 0.5) is 0 Å². The second kappa shape index (κ2) is 9.45. The quantitative estimate of drug-likeness (QED) is 0.745. The van der Waals surface area contributed by atoms with Crippen molar-refractivity contribution < 1.29 is 14.3 Å². The van der Waals surface area contributed by atoms with Crippen LogP contribution in [0.1, 0.15) is 60.8 Å². The molecule has 0 saturated carbocycles. The number of piperidine rings is 1. The number of likely N-dealkylation sites (tertiary alicyclic amines) is 2. The fourth-order valence-corrected chi connectivity index (χ4v) is 4.20. The Bertz CT molecular complexity index is 693. The van der Waals surface area contributed by atoms with Crippen molar-refractivity contribution in [1.29, 1.82) is 0 Å². The van der Waals surface area contributed by atoms with Crippen LogP contribution in [0.3, 0.4) is 0 Å². The molecular formula is C21H32N4O3. The lowest BCUT2D eigenvalue weighted by molar-refractivity contribution is -0.133. The fourth-order valence-electron chi connectivity index (χ4n) is 4.20. The smallest absolute Gasteiger partial charge is 0.227 e. The minimum Gasteiger partial charge on any atom is -0.384 e. The van der Waals surface area contributed by atoms with Crippen LogP contribution in [0.15, 0.2) is 0 Å². The lowest BCUT2D eigenvalue weighted by Crippen LogP contribution is -2.40. The van der Waals surface area contributed by atoms with E-state index in [4.69, 9.17) is 14.7 Å². The minimum atomic E-state index is 0.132.